The maximum Gasteiger partial charge on any atom is 0.237 e. The summed E-state index contributed by atoms with van der Waals surface area (Å²) in [6, 6.07) is 8.52. The van der Waals surface area contributed by atoms with Crippen LogP contribution >= 0.6 is 31.9 Å². The molecule has 0 heterocycles. The van der Waals surface area contributed by atoms with Gasteiger partial charge < -0.3 is 0 Å². The molecule has 1 aromatic carbocycles. The first-order valence-electron chi connectivity index (χ1n) is 4.15. The smallest absolute Gasteiger partial charge is 0.237 e. The van der Waals surface area contributed by atoms with Gasteiger partial charge in [-0.25, -0.2) is 0 Å². The third-order valence-electron chi connectivity index (χ3n) is 1.67. The molecule has 0 unspecified atom stereocenters. The van der Waals surface area contributed by atoms with E-state index in [1.807, 2.05) is 6.07 Å². The van der Waals surface area contributed by atoms with Crippen molar-refractivity contribution in [1.29, 1.82) is 15.8 Å². The maximum absolute atomic E-state index is 8.94. The van der Waals surface area contributed by atoms with Crippen LogP contribution in [0.2, 0.25) is 0 Å². The number of halogens is 2. The Morgan fingerprint density at radius 2 is 1.82 bits per heavy atom. The van der Waals surface area contributed by atoms with Gasteiger partial charge in [0, 0.05) is 8.95 Å². The molecule has 1 N–H and O–H groups in total. The van der Waals surface area contributed by atoms with Gasteiger partial charge >= 0.3 is 0 Å². The molecule has 17 heavy (non-hydrogen) atoms. The van der Waals surface area contributed by atoms with Gasteiger partial charge in [-0.15, -0.1) is 0 Å². The molecule has 0 spiro atoms. The van der Waals surface area contributed by atoms with Crippen molar-refractivity contribution in [3.8, 4) is 18.2 Å². The molecule has 1 rings (SSSR count). The molecule has 0 saturated carbocycles. The van der Waals surface area contributed by atoms with E-state index in [4.69, 9.17) is 15.8 Å². The van der Waals surface area contributed by atoms with Gasteiger partial charge in [0.05, 0.1) is 11.3 Å². The molecular weight excluding hydrogens is 350 g/mol. The molecule has 0 radical (unpaired) electrons. The second-order valence-corrected chi connectivity index (χ2v) is 4.49. The second-order valence-electron chi connectivity index (χ2n) is 2.72. The molecule has 0 saturated heterocycles. The van der Waals surface area contributed by atoms with Gasteiger partial charge in [0.25, 0.3) is 0 Å². The number of rotatable bonds is 2. The third-order valence-corrected chi connectivity index (χ3v) is 2.75. The number of hydrogen-bond donors (Lipinski definition) is 1. The average Bonchev–Trinajstić information content (AvgIpc) is 2.31. The number of nitrogens with one attached hydrogen (secondary N) is 1. The topological polar surface area (TPSA) is 95.8 Å². The second kappa shape index (κ2) is 6.00. The maximum atomic E-state index is 8.94. The molecule has 7 heteroatoms. The van der Waals surface area contributed by atoms with Gasteiger partial charge in [-0.05, 0) is 28.1 Å². The van der Waals surface area contributed by atoms with Gasteiger partial charge in [-0.2, -0.15) is 20.9 Å². The van der Waals surface area contributed by atoms with Crippen LogP contribution in [0.15, 0.2) is 26.2 Å². The Hall–Kier alpha value is -1.88. The van der Waals surface area contributed by atoms with E-state index in [1.54, 1.807) is 24.3 Å². The fourth-order valence-corrected chi connectivity index (χ4v) is 2.28. The van der Waals surface area contributed by atoms with Gasteiger partial charge in [0.2, 0.25) is 5.71 Å². The SMILES string of the molecule is N#CC(C#N)=NNc1c(Br)cc(Br)cc1C#N. The Morgan fingerprint density at radius 3 is 2.35 bits per heavy atom. The summed E-state index contributed by atoms with van der Waals surface area (Å²) in [7, 11) is 0. The molecule has 5 nitrogen and oxygen atoms in total. The molecule has 0 aliphatic rings. The highest BCUT2D eigenvalue weighted by molar-refractivity contribution is 9.11. The van der Waals surface area contributed by atoms with Crippen molar-refractivity contribution >= 4 is 43.3 Å². The number of nitriles is 3. The van der Waals surface area contributed by atoms with Gasteiger partial charge in [-0.3, -0.25) is 5.43 Å². The van der Waals surface area contributed by atoms with Gasteiger partial charge in [-0.1, -0.05) is 15.9 Å². The van der Waals surface area contributed by atoms with Crippen LogP contribution in [0.25, 0.3) is 0 Å². The van der Waals surface area contributed by atoms with Crippen LogP contribution in [0.3, 0.4) is 0 Å². The van der Waals surface area contributed by atoms with Crippen molar-refractivity contribution < 1.29 is 0 Å². The van der Waals surface area contributed by atoms with Crippen LogP contribution in [0.4, 0.5) is 5.69 Å². The molecular formula is C10H3Br2N5. The zero-order valence-electron chi connectivity index (χ0n) is 8.20. The standard InChI is InChI=1S/C10H3Br2N5/c11-7-1-6(3-13)10(9(12)2-7)17-16-8(4-14)5-15/h1-2,17H. The van der Waals surface area contributed by atoms with Crippen molar-refractivity contribution in [2.24, 2.45) is 5.10 Å². The number of hydrazone groups is 1. The highest BCUT2D eigenvalue weighted by atomic mass is 79.9. The minimum absolute atomic E-state index is 0.316. The van der Waals surface area contributed by atoms with Crippen LogP contribution in [0.1, 0.15) is 5.56 Å². The quantitative estimate of drug-likeness (QED) is 0.653. The van der Waals surface area contributed by atoms with Gasteiger partial charge in [0.15, 0.2) is 0 Å². The molecule has 1 aromatic rings. The number of hydrogen-bond acceptors (Lipinski definition) is 5. The Kier molecular flexibility index (Phi) is 4.66. The van der Waals surface area contributed by atoms with Crippen LogP contribution in [-0.2, 0) is 0 Å². The third kappa shape index (κ3) is 3.29. The highest BCUT2D eigenvalue weighted by Gasteiger charge is 2.08. The molecule has 0 aliphatic heterocycles. The van der Waals surface area contributed by atoms with E-state index >= 15 is 0 Å². The van der Waals surface area contributed by atoms with Crippen LogP contribution in [-0.4, -0.2) is 5.71 Å². The summed E-state index contributed by atoms with van der Waals surface area (Å²) in [6.07, 6.45) is 0. The summed E-state index contributed by atoms with van der Waals surface area (Å²) in [4.78, 5) is 0. The zero-order chi connectivity index (χ0) is 12.8. The summed E-state index contributed by atoms with van der Waals surface area (Å²) in [5, 5.41) is 29.5. The van der Waals surface area contributed by atoms with E-state index in [9.17, 15) is 0 Å². The van der Waals surface area contributed by atoms with Crippen molar-refractivity contribution in [2.45, 2.75) is 0 Å². The van der Waals surface area contributed by atoms with Gasteiger partial charge in [0.1, 0.15) is 18.2 Å². The summed E-state index contributed by atoms with van der Waals surface area (Å²) < 4.78 is 1.33. The zero-order valence-corrected chi connectivity index (χ0v) is 11.4. The predicted molar refractivity (Wildman–Crippen MR) is 68.8 cm³/mol. The lowest BCUT2D eigenvalue weighted by Gasteiger charge is -2.06. The Bertz CT molecular complexity index is 585. The molecule has 0 aliphatic carbocycles. The van der Waals surface area contributed by atoms with E-state index in [0.29, 0.717) is 15.7 Å². The van der Waals surface area contributed by atoms with E-state index in [0.717, 1.165) is 4.47 Å². The highest BCUT2D eigenvalue weighted by Crippen LogP contribution is 2.30. The van der Waals surface area contributed by atoms with E-state index in [-0.39, 0.29) is 5.71 Å². The first-order chi connectivity index (χ1) is 8.12. The summed E-state index contributed by atoms with van der Waals surface area (Å²) in [5.74, 6) is 0. The summed E-state index contributed by atoms with van der Waals surface area (Å²) in [6.45, 7) is 0. The molecule has 82 valence electrons. The lowest BCUT2D eigenvalue weighted by Crippen LogP contribution is -1.99. The molecule has 0 fully saturated rings. The largest absolute Gasteiger partial charge is 0.274 e. The summed E-state index contributed by atoms with van der Waals surface area (Å²) in [5.41, 5.74) is 2.94. The minimum atomic E-state index is -0.316. The molecule has 0 amide bonds. The van der Waals surface area contributed by atoms with Crippen molar-refractivity contribution in [2.75, 3.05) is 5.43 Å². The predicted octanol–water partition coefficient (Wildman–Crippen LogP) is 2.90. The normalized spacial score (nSPS) is 8.41. The molecule has 0 aromatic heterocycles. The lowest BCUT2D eigenvalue weighted by atomic mass is 10.2. The van der Waals surface area contributed by atoms with Crippen molar-refractivity contribution in [3.63, 3.8) is 0 Å². The van der Waals surface area contributed by atoms with Crippen molar-refractivity contribution in [1.82, 2.24) is 0 Å². The number of benzene rings is 1. The monoisotopic (exact) mass is 351 g/mol. The fourth-order valence-electron chi connectivity index (χ4n) is 0.962. The Morgan fingerprint density at radius 1 is 1.18 bits per heavy atom. The van der Waals surface area contributed by atoms with E-state index in [1.165, 1.54) is 0 Å². The average molecular weight is 353 g/mol. The van der Waals surface area contributed by atoms with Crippen molar-refractivity contribution in [3.05, 3.63) is 26.6 Å². The number of anilines is 1. The first-order valence-corrected chi connectivity index (χ1v) is 5.74. The molecule has 0 atom stereocenters. The summed E-state index contributed by atoms with van der Waals surface area (Å²) >= 11 is 6.50. The molecule has 0 bridgehead atoms. The van der Waals surface area contributed by atoms with E-state index < -0.39 is 0 Å². The first kappa shape index (κ1) is 13.2. The van der Waals surface area contributed by atoms with E-state index in [2.05, 4.69) is 42.4 Å². The van der Waals surface area contributed by atoms with Crippen LogP contribution in [0, 0.1) is 34.0 Å². The lowest BCUT2D eigenvalue weighted by molar-refractivity contribution is 1.31. The van der Waals surface area contributed by atoms with Crippen LogP contribution < -0.4 is 5.43 Å². The fraction of sp³-hybridized carbons (Fsp3) is 0. The number of nitrogens with zero attached hydrogens (tertiary/aromatic N) is 4. The van der Waals surface area contributed by atoms with Crippen LogP contribution in [0.5, 0.6) is 0 Å². The Balaban J connectivity index is 3.18. The minimum Gasteiger partial charge on any atom is -0.274 e. The Labute approximate surface area is 114 Å².